The van der Waals surface area contributed by atoms with Gasteiger partial charge in [0.2, 0.25) is 0 Å². The Labute approximate surface area is 287 Å². The van der Waals surface area contributed by atoms with Crippen molar-refractivity contribution in [3.63, 3.8) is 0 Å². The predicted octanol–water partition coefficient (Wildman–Crippen LogP) is -8.00. The molecule has 4 bridgehead atoms. The third-order valence-corrected chi connectivity index (χ3v) is 10.0. The molecule has 1 unspecified atom stereocenters. The maximum atomic E-state index is 11.7. The van der Waals surface area contributed by atoms with Crippen molar-refractivity contribution < 1.29 is 118 Å². The summed E-state index contributed by atoms with van der Waals surface area (Å²) < 4.78 is 124. The van der Waals surface area contributed by atoms with E-state index in [1.54, 1.807) is 0 Å². The summed E-state index contributed by atoms with van der Waals surface area (Å²) in [5.74, 6) is 0. The van der Waals surface area contributed by atoms with Gasteiger partial charge in [-0.25, -0.2) is 8.37 Å². The van der Waals surface area contributed by atoms with E-state index in [1.807, 2.05) is 0 Å². The molecule has 6 aliphatic rings. The first-order chi connectivity index (χ1) is 23.9. The molecule has 0 radical (unpaired) electrons. The van der Waals surface area contributed by atoms with Crippen LogP contribution in [0.3, 0.4) is 0 Å². The van der Waals surface area contributed by atoms with E-state index in [2.05, 4.69) is 8.37 Å². The van der Waals surface area contributed by atoms with Crippen molar-refractivity contribution in [3.05, 3.63) is 0 Å². The van der Waals surface area contributed by atoms with Gasteiger partial charge in [-0.2, -0.15) is 16.8 Å². The third-order valence-electron chi connectivity index (χ3n) is 9.11. The van der Waals surface area contributed by atoms with Crippen molar-refractivity contribution in [1.82, 2.24) is 0 Å². The minimum absolute atomic E-state index is 0.142. The highest BCUT2D eigenvalue weighted by molar-refractivity contribution is 7.81. The molecule has 20 atom stereocenters. The topological polar surface area (TPSA) is 372 Å². The molecule has 25 nitrogen and oxygen atoms in total. The Bertz CT molecular complexity index is 1420. The zero-order valence-corrected chi connectivity index (χ0v) is 27.4. The number of rotatable bonds is 12. The van der Waals surface area contributed by atoms with Crippen molar-refractivity contribution in [1.29, 1.82) is 0 Å². The highest BCUT2D eigenvalue weighted by atomic mass is 32.3. The van der Waals surface area contributed by atoms with Crippen LogP contribution >= 0.6 is 0 Å². The van der Waals surface area contributed by atoms with Gasteiger partial charge in [0.05, 0.1) is 26.4 Å². The van der Waals surface area contributed by atoms with Gasteiger partial charge in [-0.15, -0.1) is 0 Å². The van der Waals surface area contributed by atoms with Gasteiger partial charge in [0.15, 0.2) is 25.2 Å². The van der Waals surface area contributed by atoms with Crippen molar-refractivity contribution >= 4 is 20.8 Å². The lowest BCUT2D eigenvalue weighted by atomic mass is 9.96. The number of aliphatic hydroxyl groups is 8. The smallest absolute Gasteiger partial charge is 0.394 e. The first-order valence-corrected chi connectivity index (χ1v) is 18.1. The quantitative estimate of drug-likeness (QED) is 0.0821. The predicted molar refractivity (Wildman–Crippen MR) is 148 cm³/mol. The van der Waals surface area contributed by atoms with E-state index < -0.39 is 157 Å². The highest BCUT2D eigenvalue weighted by Crippen LogP contribution is 2.39. The molecule has 6 saturated heterocycles. The minimum atomic E-state index is -5.29. The highest BCUT2D eigenvalue weighted by Gasteiger charge is 2.59. The Balaban J connectivity index is 1.19. The Hall–Kier alpha value is -0.940. The number of fused-ring (bicyclic) bond motifs is 4. The second-order valence-corrected chi connectivity index (χ2v) is 14.5. The summed E-state index contributed by atoms with van der Waals surface area (Å²) in [4.78, 5) is 0. The molecule has 6 rings (SSSR count). The summed E-state index contributed by atoms with van der Waals surface area (Å²) in [5, 5.41) is 83.6. The van der Waals surface area contributed by atoms with Crippen LogP contribution in [0, 0.1) is 0 Å². The van der Waals surface area contributed by atoms with Crippen LogP contribution in [0.15, 0.2) is 0 Å². The van der Waals surface area contributed by atoms with E-state index in [-0.39, 0.29) is 13.2 Å². The molecule has 27 heteroatoms. The normalized spacial score (nSPS) is 50.4. The molecule has 6 aliphatic heterocycles. The van der Waals surface area contributed by atoms with Crippen LogP contribution in [-0.4, -0.2) is 216 Å². The van der Waals surface area contributed by atoms with E-state index in [0.717, 1.165) is 0 Å². The SMILES string of the molecule is O=S(=O)(O)O[C@@H]1[C@H](O[C@H]2O[C@@H]3CO[C@@H]([C@H]3O)[C@H]2O)[C@@H](O)[C@H](O[C@@H]2[C@@H]3OC[C@H]2O[C@H](O[C@H]2[C@@H](OS(=O)(=O)O)[C@@H](CO)OC(O)[C@@H]2O)[C@@H]3O)O[C@@H]1CO. The average molecular weight is 791 g/mol. The van der Waals surface area contributed by atoms with Crippen LogP contribution < -0.4 is 0 Å². The molecule has 6 heterocycles. The molecule has 0 amide bonds. The zero-order valence-electron chi connectivity index (χ0n) is 25.8. The van der Waals surface area contributed by atoms with Crippen molar-refractivity contribution in [3.8, 4) is 0 Å². The molecule has 0 spiro atoms. The van der Waals surface area contributed by atoms with E-state index >= 15 is 0 Å². The molecule has 0 saturated carbocycles. The minimum Gasteiger partial charge on any atom is -0.394 e. The lowest BCUT2D eigenvalue weighted by Crippen LogP contribution is -2.66. The second-order valence-electron chi connectivity index (χ2n) is 12.4. The van der Waals surface area contributed by atoms with Gasteiger partial charge in [0, 0.05) is 0 Å². The van der Waals surface area contributed by atoms with Gasteiger partial charge in [-0.3, -0.25) is 9.11 Å². The molecular formula is C24H38O25S2. The summed E-state index contributed by atoms with van der Waals surface area (Å²) in [7, 11) is -10.5. The maximum Gasteiger partial charge on any atom is 0.397 e. The molecule has 0 aliphatic carbocycles. The van der Waals surface area contributed by atoms with Crippen molar-refractivity contribution in [2.75, 3.05) is 26.4 Å². The zero-order chi connectivity index (χ0) is 37.2. The van der Waals surface area contributed by atoms with Crippen LogP contribution in [0.4, 0.5) is 0 Å². The van der Waals surface area contributed by atoms with Crippen LogP contribution in [0.2, 0.25) is 0 Å². The van der Waals surface area contributed by atoms with Gasteiger partial charge >= 0.3 is 20.8 Å². The summed E-state index contributed by atoms with van der Waals surface area (Å²) in [6.07, 6.45) is -33.6. The molecule has 0 aromatic carbocycles. The van der Waals surface area contributed by atoms with E-state index in [4.69, 9.17) is 42.6 Å². The number of aliphatic hydroxyl groups excluding tert-OH is 8. The monoisotopic (exact) mass is 790 g/mol. The molecule has 0 aromatic heterocycles. The van der Waals surface area contributed by atoms with E-state index in [9.17, 15) is 66.8 Å². The fourth-order valence-electron chi connectivity index (χ4n) is 6.75. The number of hydrogen-bond acceptors (Lipinski definition) is 23. The summed E-state index contributed by atoms with van der Waals surface area (Å²) in [5.41, 5.74) is 0. The van der Waals surface area contributed by atoms with Crippen molar-refractivity contribution in [2.45, 2.75) is 123 Å². The third kappa shape index (κ3) is 8.21. The number of hydrogen-bond donors (Lipinski definition) is 10. The Morgan fingerprint density at radius 3 is 1.53 bits per heavy atom. The summed E-state index contributed by atoms with van der Waals surface area (Å²) in [6, 6.07) is 0. The van der Waals surface area contributed by atoms with Crippen LogP contribution in [0.25, 0.3) is 0 Å². The first kappa shape index (κ1) is 39.7. The number of ether oxygens (including phenoxy) is 9. The lowest BCUT2D eigenvalue weighted by Gasteiger charge is -2.47. The lowest BCUT2D eigenvalue weighted by molar-refractivity contribution is -0.370. The summed E-state index contributed by atoms with van der Waals surface area (Å²) >= 11 is 0. The van der Waals surface area contributed by atoms with Gasteiger partial charge in [0.1, 0.15) is 97.7 Å². The Morgan fingerprint density at radius 1 is 0.510 bits per heavy atom. The van der Waals surface area contributed by atoms with Crippen LogP contribution in [0.5, 0.6) is 0 Å². The fraction of sp³-hybridized carbons (Fsp3) is 1.00. The maximum absolute atomic E-state index is 11.7. The van der Waals surface area contributed by atoms with Gasteiger partial charge in [-0.05, 0) is 0 Å². The van der Waals surface area contributed by atoms with E-state index in [1.165, 1.54) is 0 Å². The van der Waals surface area contributed by atoms with Crippen molar-refractivity contribution in [2.24, 2.45) is 0 Å². The van der Waals surface area contributed by atoms with E-state index in [0.29, 0.717) is 0 Å². The largest absolute Gasteiger partial charge is 0.397 e. The van der Waals surface area contributed by atoms with Crippen LogP contribution in [-0.2, 0) is 71.8 Å². The van der Waals surface area contributed by atoms with Crippen LogP contribution in [0.1, 0.15) is 0 Å². The molecule has 6 fully saturated rings. The molecular weight excluding hydrogens is 752 g/mol. The second kappa shape index (κ2) is 15.3. The van der Waals surface area contributed by atoms with Gasteiger partial charge in [0.25, 0.3) is 0 Å². The van der Waals surface area contributed by atoms with Gasteiger partial charge < -0.3 is 83.5 Å². The summed E-state index contributed by atoms with van der Waals surface area (Å²) in [6.45, 7) is -2.46. The van der Waals surface area contributed by atoms with Gasteiger partial charge in [-0.1, -0.05) is 0 Å². The standard InChI is InChI=1S/C24H38O25S2/c25-1-5-15(48-50(33,34)35)19(10(28)21(32)41-5)46-23-12(30)18-14(8(44-23)4-40-18)45-24-13(31)20(16(6(2-26)42-24)49-51(36,37)38)47-22-11(29)17-9(27)7(43-22)3-39-17/h5-32H,1-4H2,(H,33,34,35)(H,36,37,38)/t5-,6-,7-,8-,9+,10-,11-,12-,13-,14+,15+,16+,17+,18-,19-,20-,21?,22-,23-,24+/m1/s1. The molecule has 10 N–H and O–H groups in total. The molecule has 51 heavy (non-hydrogen) atoms. The first-order valence-electron chi connectivity index (χ1n) is 15.3. The Morgan fingerprint density at radius 2 is 0.961 bits per heavy atom. The molecule has 0 aromatic rings. The Kier molecular flexibility index (Phi) is 11.9. The fourth-order valence-corrected chi connectivity index (χ4v) is 7.78. The molecule has 296 valence electrons. The average Bonchev–Trinajstić information content (AvgIpc) is 3.50.